The van der Waals surface area contributed by atoms with Crippen LogP contribution < -0.4 is 15.4 Å². The van der Waals surface area contributed by atoms with Crippen LogP contribution in [-0.2, 0) is 22.2 Å². The summed E-state index contributed by atoms with van der Waals surface area (Å²) in [6.45, 7) is 7.37. The maximum atomic E-state index is 12.9. The van der Waals surface area contributed by atoms with E-state index in [2.05, 4.69) is 36.1 Å². The fourth-order valence-corrected chi connectivity index (χ4v) is 6.49. The molecule has 2 heterocycles. The van der Waals surface area contributed by atoms with Gasteiger partial charge in [-0.25, -0.2) is 9.48 Å². The Morgan fingerprint density at radius 1 is 1.02 bits per heavy atom. The van der Waals surface area contributed by atoms with Crippen LogP contribution >= 0.6 is 0 Å². The van der Waals surface area contributed by atoms with Gasteiger partial charge in [0.05, 0.1) is 11.4 Å². The van der Waals surface area contributed by atoms with Gasteiger partial charge in [0.15, 0.2) is 0 Å². The van der Waals surface area contributed by atoms with Gasteiger partial charge in [0.2, 0.25) is 6.35 Å². The van der Waals surface area contributed by atoms with Gasteiger partial charge in [-0.05, 0) is 42.0 Å². The molecule has 0 spiro atoms. The van der Waals surface area contributed by atoms with Gasteiger partial charge in [0, 0.05) is 49.2 Å². The number of fused-ring (bicyclic) bond motifs is 1. The number of benzene rings is 3. The number of amides is 2. The van der Waals surface area contributed by atoms with Crippen molar-refractivity contribution >= 4 is 38.5 Å². The van der Waals surface area contributed by atoms with Crippen LogP contribution in [0, 0.1) is 0 Å². The molecule has 0 radical (unpaired) electrons. The Hall–Kier alpha value is -4.13. The first-order valence-electron chi connectivity index (χ1n) is 14.8. The minimum atomic E-state index is -3.64. The number of carbonyl (C=O) groups excluding carboxylic acids is 1. The number of piperidine rings is 1. The first-order valence-corrected chi connectivity index (χ1v) is 16.3. The van der Waals surface area contributed by atoms with Crippen LogP contribution in [0.25, 0.3) is 16.5 Å². The van der Waals surface area contributed by atoms with Gasteiger partial charge in [-0.3, -0.25) is 0 Å². The third kappa shape index (κ3) is 7.32. The van der Waals surface area contributed by atoms with E-state index in [0.29, 0.717) is 18.9 Å². The molecule has 4 aromatic rings. The highest BCUT2D eigenvalue weighted by Gasteiger charge is 2.32. The Bertz CT molecular complexity index is 1720. The summed E-state index contributed by atoms with van der Waals surface area (Å²) in [6, 6.07) is 22.7. The van der Waals surface area contributed by atoms with E-state index in [1.807, 2.05) is 72.8 Å². The van der Waals surface area contributed by atoms with Crippen LogP contribution in [0.15, 0.2) is 72.8 Å². The Balaban J connectivity index is 1.34. The van der Waals surface area contributed by atoms with Gasteiger partial charge in [-0.15, -0.1) is 8.51 Å². The predicted octanol–water partition coefficient (Wildman–Crippen LogP) is 5.15. The number of hydrogen-bond donors (Lipinski definition) is 4. The number of aliphatic hydroxyl groups excluding tert-OH is 1. The average molecular weight is 621 g/mol. The summed E-state index contributed by atoms with van der Waals surface area (Å²) in [7, 11) is -2.06. The molecule has 44 heavy (non-hydrogen) atoms. The fourth-order valence-electron chi connectivity index (χ4n) is 5.22. The number of anilines is 2. The van der Waals surface area contributed by atoms with Crippen molar-refractivity contribution in [1.82, 2.24) is 23.7 Å². The number of nitrogens with zero attached hydrogens (tertiary/aromatic N) is 4. The Morgan fingerprint density at radius 2 is 1.73 bits per heavy atom. The zero-order chi connectivity index (χ0) is 31.5. The normalized spacial score (nSPS) is 16.2. The summed E-state index contributed by atoms with van der Waals surface area (Å²) in [5.41, 5.74) is 2.90. The van der Waals surface area contributed by atoms with Crippen molar-refractivity contribution in [1.29, 1.82) is 0 Å². The second-order valence-electron chi connectivity index (χ2n) is 12.2. The molecule has 1 fully saturated rings. The number of aliphatic hydroxyl groups is 1. The third-order valence-electron chi connectivity index (χ3n) is 7.65. The molecule has 5 rings (SSSR count). The SMILES string of the molecule is CN(Cc1cccc(-n2nc(C(C)(C)C)cc2NC(O)Nc2cccc3ccccc23)c1)C(=O)NS(=O)(=[OH+])N1CCCCC1. The van der Waals surface area contributed by atoms with Gasteiger partial charge in [0.25, 0.3) is 0 Å². The summed E-state index contributed by atoms with van der Waals surface area (Å²) in [6.07, 6.45) is 1.55. The summed E-state index contributed by atoms with van der Waals surface area (Å²) < 4.78 is 28.8. The number of urea groups is 1. The highest BCUT2D eigenvalue weighted by Crippen LogP contribution is 2.28. The Kier molecular flexibility index (Phi) is 9.14. The predicted molar refractivity (Wildman–Crippen MR) is 175 cm³/mol. The molecule has 0 saturated carbocycles. The van der Waals surface area contributed by atoms with Crippen LogP contribution in [0.4, 0.5) is 16.3 Å². The lowest BCUT2D eigenvalue weighted by molar-refractivity contribution is 0.211. The van der Waals surface area contributed by atoms with Crippen LogP contribution in [0.2, 0.25) is 0 Å². The van der Waals surface area contributed by atoms with Gasteiger partial charge < -0.3 is 20.6 Å². The average Bonchev–Trinajstić information content (AvgIpc) is 3.42. The van der Waals surface area contributed by atoms with E-state index in [-0.39, 0.29) is 12.0 Å². The van der Waals surface area contributed by atoms with Crippen LogP contribution in [0.3, 0.4) is 0 Å². The number of rotatable bonds is 9. The van der Waals surface area contributed by atoms with E-state index in [0.717, 1.165) is 52.7 Å². The van der Waals surface area contributed by atoms with Gasteiger partial charge in [0.1, 0.15) is 5.82 Å². The smallest absolute Gasteiger partial charge is 0.357 e. The van der Waals surface area contributed by atoms with Crippen molar-refractivity contribution < 1.29 is 18.3 Å². The van der Waals surface area contributed by atoms with E-state index in [4.69, 9.17) is 5.10 Å². The molecule has 11 nitrogen and oxygen atoms in total. The maximum absolute atomic E-state index is 12.9. The third-order valence-corrected chi connectivity index (χ3v) is 9.16. The van der Waals surface area contributed by atoms with Crippen LogP contribution in [0.1, 0.15) is 51.3 Å². The van der Waals surface area contributed by atoms with Gasteiger partial charge in [-0.2, -0.15) is 14.0 Å². The summed E-state index contributed by atoms with van der Waals surface area (Å²) >= 11 is 0. The van der Waals surface area contributed by atoms with Crippen molar-refractivity contribution in [2.24, 2.45) is 0 Å². The van der Waals surface area contributed by atoms with Gasteiger partial charge in [-0.1, -0.05) is 75.7 Å². The van der Waals surface area contributed by atoms with E-state index in [1.54, 1.807) is 11.7 Å². The lowest BCUT2D eigenvalue weighted by Gasteiger charge is -2.24. The Labute approximate surface area is 259 Å². The molecule has 5 N–H and O–H groups in total. The zero-order valence-corrected chi connectivity index (χ0v) is 26.5. The highest BCUT2D eigenvalue weighted by atomic mass is 32.2. The minimum absolute atomic E-state index is 0.205. The monoisotopic (exact) mass is 620 g/mol. The molecular weight excluding hydrogens is 578 g/mol. The summed E-state index contributed by atoms with van der Waals surface area (Å²) in [5, 5.41) is 24.3. The van der Waals surface area contributed by atoms with E-state index in [9.17, 15) is 18.3 Å². The van der Waals surface area contributed by atoms with Crippen LogP contribution in [0.5, 0.6) is 0 Å². The number of nitrogens with one attached hydrogen (secondary N) is 3. The largest absolute Gasteiger partial charge is 0.449 e. The molecule has 3 aromatic carbocycles. The van der Waals surface area contributed by atoms with Crippen LogP contribution in [-0.4, -0.2) is 65.0 Å². The molecule has 12 heteroatoms. The summed E-state index contributed by atoms with van der Waals surface area (Å²) in [4.78, 5) is 14.2. The van der Waals surface area contributed by atoms with E-state index < -0.39 is 22.6 Å². The minimum Gasteiger partial charge on any atom is -0.357 e. The standard InChI is InChI=1S/C32H41N7O4S/c1-32(2,3)28-21-29(34-30(40)33-27-17-11-14-24-13-6-7-16-26(24)27)39(35-28)25-15-10-12-23(20-25)22-37(4)31(41)36-44(42,43)38-18-8-5-9-19-38/h6-7,10-17,20-21,30,33-34,40H,5,8-9,18-19,22H2,1-4H3,(H,36,41,42,43)/p+1. The second kappa shape index (κ2) is 12.8. The zero-order valence-electron chi connectivity index (χ0n) is 25.7. The quantitative estimate of drug-likeness (QED) is 0.151. The Morgan fingerprint density at radius 3 is 2.48 bits per heavy atom. The van der Waals surface area contributed by atoms with Crippen molar-refractivity contribution in [2.45, 2.75) is 58.3 Å². The van der Waals surface area contributed by atoms with E-state index >= 15 is 0 Å². The number of carbonyl (C=O) groups is 1. The summed E-state index contributed by atoms with van der Waals surface area (Å²) in [5.74, 6) is 0.583. The lowest BCUT2D eigenvalue weighted by atomic mass is 9.92. The second-order valence-corrected chi connectivity index (χ2v) is 13.9. The van der Waals surface area contributed by atoms with Gasteiger partial charge >= 0.3 is 16.2 Å². The molecule has 2 amide bonds. The van der Waals surface area contributed by atoms with Crippen molar-refractivity contribution in [3.05, 3.63) is 84.1 Å². The molecule has 1 aromatic heterocycles. The van der Waals surface area contributed by atoms with E-state index in [1.165, 1.54) is 9.21 Å². The molecule has 0 aliphatic carbocycles. The highest BCUT2D eigenvalue weighted by molar-refractivity contribution is 7.87. The molecule has 234 valence electrons. The van der Waals surface area contributed by atoms with Crippen molar-refractivity contribution in [3.63, 3.8) is 0 Å². The van der Waals surface area contributed by atoms with Crippen molar-refractivity contribution in [3.8, 4) is 5.69 Å². The molecule has 1 aliphatic heterocycles. The maximum Gasteiger partial charge on any atom is 0.449 e. The number of aromatic nitrogens is 2. The first-order chi connectivity index (χ1) is 20.9. The molecule has 2 atom stereocenters. The molecule has 0 bridgehead atoms. The van der Waals surface area contributed by atoms with Crippen molar-refractivity contribution in [2.75, 3.05) is 30.8 Å². The first kappa shape index (κ1) is 31.3. The fraction of sp³-hybridized carbons (Fsp3) is 0.375. The number of hydrogen-bond acceptors (Lipinski definition) is 6. The molecule has 1 saturated heterocycles. The lowest BCUT2D eigenvalue weighted by Crippen LogP contribution is -2.49. The molecule has 2 unspecified atom stereocenters. The molecule has 1 aliphatic rings. The molecular formula is C32H42N7O4S+. The topological polar surface area (TPSA) is 136 Å².